The second kappa shape index (κ2) is 4.26. The van der Waals surface area contributed by atoms with E-state index in [-0.39, 0.29) is 18.0 Å². The smallest absolute Gasteiger partial charge is 0.312 e. The molecule has 2 atom stereocenters. The van der Waals surface area contributed by atoms with E-state index < -0.39 is 0 Å². The third kappa shape index (κ3) is 2.34. The summed E-state index contributed by atoms with van der Waals surface area (Å²) in [6.45, 7) is 2.18. The van der Waals surface area contributed by atoms with Gasteiger partial charge in [-0.25, -0.2) is 0 Å². The summed E-state index contributed by atoms with van der Waals surface area (Å²) in [5.41, 5.74) is 0. The highest BCUT2D eigenvalue weighted by Gasteiger charge is 2.22. The first-order chi connectivity index (χ1) is 5.74. The van der Waals surface area contributed by atoms with Crippen molar-refractivity contribution >= 4 is 5.97 Å². The van der Waals surface area contributed by atoms with Crippen LogP contribution in [0.4, 0.5) is 0 Å². The van der Waals surface area contributed by atoms with Crippen molar-refractivity contribution in [3.05, 3.63) is 12.2 Å². The van der Waals surface area contributed by atoms with E-state index in [0.29, 0.717) is 19.4 Å². The van der Waals surface area contributed by atoms with E-state index in [9.17, 15) is 9.90 Å². The summed E-state index contributed by atoms with van der Waals surface area (Å²) in [7, 11) is 0. The Morgan fingerprint density at radius 2 is 2.50 bits per heavy atom. The van der Waals surface area contributed by atoms with E-state index in [2.05, 4.69) is 0 Å². The van der Waals surface area contributed by atoms with Gasteiger partial charge in [-0.2, -0.15) is 0 Å². The van der Waals surface area contributed by atoms with Crippen molar-refractivity contribution in [2.75, 3.05) is 6.61 Å². The molecule has 0 saturated heterocycles. The molecule has 1 aliphatic carbocycles. The maximum atomic E-state index is 11.2. The third-order valence-electron chi connectivity index (χ3n) is 1.89. The van der Waals surface area contributed by atoms with E-state index in [4.69, 9.17) is 4.74 Å². The van der Waals surface area contributed by atoms with Crippen LogP contribution in [0.15, 0.2) is 12.2 Å². The molecule has 3 heteroatoms. The van der Waals surface area contributed by atoms with Crippen molar-refractivity contribution in [3.63, 3.8) is 0 Å². The molecule has 0 radical (unpaired) electrons. The number of ether oxygens (including phenoxy) is 1. The fraction of sp³-hybridized carbons (Fsp3) is 0.667. The Labute approximate surface area is 72.0 Å². The van der Waals surface area contributed by atoms with Crippen molar-refractivity contribution in [3.8, 4) is 0 Å². The number of hydrogen-bond acceptors (Lipinski definition) is 3. The molecule has 3 nitrogen and oxygen atoms in total. The third-order valence-corrected chi connectivity index (χ3v) is 1.89. The minimum absolute atomic E-state index is 0.229. The van der Waals surface area contributed by atoms with Gasteiger partial charge >= 0.3 is 5.97 Å². The summed E-state index contributed by atoms with van der Waals surface area (Å²) in [6, 6.07) is 0. The van der Waals surface area contributed by atoms with Gasteiger partial charge in [0.15, 0.2) is 0 Å². The predicted molar refractivity (Wildman–Crippen MR) is 44.5 cm³/mol. The number of rotatable bonds is 2. The highest BCUT2D eigenvalue weighted by molar-refractivity contribution is 5.74. The lowest BCUT2D eigenvalue weighted by Gasteiger charge is -2.18. The number of hydrogen-bond donors (Lipinski definition) is 1. The summed E-state index contributed by atoms with van der Waals surface area (Å²) < 4.78 is 4.83. The molecule has 12 heavy (non-hydrogen) atoms. The van der Waals surface area contributed by atoms with Gasteiger partial charge in [0.2, 0.25) is 0 Å². The second-order valence-corrected chi connectivity index (χ2v) is 2.91. The summed E-state index contributed by atoms with van der Waals surface area (Å²) in [4.78, 5) is 11.2. The Hall–Kier alpha value is -0.830. The van der Waals surface area contributed by atoms with Crippen LogP contribution in [0.5, 0.6) is 0 Å². The first-order valence-electron chi connectivity index (χ1n) is 4.25. The van der Waals surface area contributed by atoms with Gasteiger partial charge in [-0.15, -0.1) is 0 Å². The molecule has 0 amide bonds. The van der Waals surface area contributed by atoms with Gasteiger partial charge in [0, 0.05) is 0 Å². The fourth-order valence-corrected chi connectivity index (χ4v) is 1.29. The second-order valence-electron chi connectivity index (χ2n) is 2.91. The van der Waals surface area contributed by atoms with Crippen molar-refractivity contribution in [2.24, 2.45) is 5.92 Å². The average Bonchev–Trinajstić information content (AvgIpc) is 2.05. The summed E-state index contributed by atoms with van der Waals surface area (Å²) in [5.74, 6) is -0.471. The lowest BCUT2D eigenvalue weighted by molar-refractivity contribution is -0.147. The van der Waals surface area contributed by atoms with Crippen molar-refractivity contribution in [1.29, 1.82) is 0 Å². The van der Waals surface area contributed by atoms with Gasteiger partial charge in [0.1, 0.15) is 0 Å². The molecular weight excluding hydrogens is 156 g/mol. The summed E-state index contributed by atoms with van der Waals surface area (Å²) in [5, 5.41) is 9.24. The lowest BCUT2D eigenvalue weighted by Crippen LogP contribution is -2.24. The van der Waals surface area contributed by atoms with Crippen molar-refractivity contribution < 1.29 is 14.6 Å². The molecule has 1 N–H and O–H groups in total. The molecule has 2 unspecified atom stereocenters. The van der Waals surface area contributed by atoms with Crippen LogP contribution in [0.1, 0.15) is 19.8 Å². The predicted octanol–water partition coefficient (Wildman–Crippen LogP) is 0.877. The van der Waals surface area contributed by atoms with E-state index in [1.165, 1.54) is 0 Å². The number of carbonyl (C=O) groups excluding carboxylic acids is 1. The number of aliphatic hydroxyl groups is 1. The minimum Gasteiger partial charge on any atom is -0.466 e. The van der Waals surface area contributed by atoms with E-state index in [0.717, 1.165) is 0 Å². The molecule has 0 fully saturated rings. The van der Waals surface area contributed by atoms with E-state index in [1.54, 1.807) is 6.92 Å². The Bertz CT molecular complexity index is 186. The fourth-order valence-electron chi connectivity index (χ4n) is 1.29. The molecule has 0 aromatic heterocycles. The number of carbonyl (C=O) groups is 1. The molecule has 68 valence electrons. The van der Waals surface area contributed by atoms with Gasteiger partial charge in [0.25, 0.3) is 0 Å². The molecule has 0 spiro atoms. The molecule has 0 heterocycles. The van der Waals surface area contributed by atoms with Crippen LogP contribution in [0.2, 0.25) is 0 Å². The van der Waals surface area contributed by atoms with Gasteiger partial charge in [0.05, 0.1) is 18.6 Å². The van der Waals surface area contributed by atoms with Crippen LogP contribution in [-0.4, -0.2) is 23.8 Å². The summed E-state index contributed by atoms with van der Waals surface area (Å²) >= 11 is 0. The van der Waals surface area contributed by atoms with Crippen LogP contribution in [-0.2, 0) is 9.53 Å². The van der Waals surface area contributed by atoms with Gasteiger partial charge in [-0.05, 0) is 19.8 Å². The van der Waals surface area contributed by atoms with Crippen molar-refractivity contribution in [2.45, 2.75) is 25.9 Å². The normalized spacial score (nSPS) is 28.5. The van der Waals surface area contributed by atoms with Crippen LogP contribution in [0, 0.1) is 5.92 Å². The first-order valence-corrected chi connectivity index (χ1v) is 4.25. The minimum atomic E-state index is -0.385. The van der Waals surface area contributed by atoms with Crippen molar-refractivity contribution in [1.82, 2.24) is 0 Å². The molecule has 0 saturated carbocycles. The van der Waals surface area contributed by atoms with Gasteiger partial charge in [-0.1, -0.05) is 12.2 Å². The summed E-state index contributed by atoms with van der Waals surface area (Å²) in [6.07, 6.45) is 4.40. The van der Waals surface area contributed by atoms with Gasteiger partial charge in [-0.3, -0.25) is 4.79 Å². The molecule has 1 rings (SSSR count). The molecule has 0 aromatic carbocycles. The lowest BCUT2D eigenvalue weighted by atomic mass is 9.94. The Balaban J connectivity index is 2.46. The largest absolute Gasteiger partial charge is 0.466 e. The maximum Gasteiger partial charge on any atom is 0.312 e. The maximum absolute atomic E-state index is 11.2. The standard InChI is InChI=1S/C9H14O3/c1-2-12-9(11)7-4-3-5-8(10)6-7/h3-4,7-8,10H,2,5-6H2,1H3. The SMILES string of the molecule is CCOC(=O)C1C=CCC(O)C1. The van der Waals surface area contributed by atoms with E-state index >= 15 is 0 Å². The highest BCUT2D eigenvalue weighted by atomic mass is 16.5. The Kier molecular flexibility index (Phi) is 3.29. The van der Waals surface area contributed by atoms with Crippen LogP contribution in [0.25, 0.3) is 0 Å². The Morgan fingerprint density at radius 1 is 1.75 bits per heavy atom. The quantitative estimate of drug-likeness (QED) is 0.494. The van der Waals surface area contributed by atoms with Crippen LogP contribution in [0.3, 0.4) is 0 Å². The zero-order valence-corrected chi connectivity index (χ0v) is 7.19. The van der Waals surface area contributed by atoms with Crippen LogP contribution < -0.4 is 0 Å². The molecule has 0 aromatic rings. The molecular formula is C9H14O3. The number of esters is 1. The zero-order chi connectivity index (χ0) is 8.97. The van der Waals surface area contributed by atoms with E-state index in [1.807, 2.05) is 12.2 Å². The monoisotopic (exact) mass is 170 g/mol. The average molecular weight is 170 g/mol. The first kappa shape index (κ1) is 9.26. The highest BCUT2D eigenvalue weighted by Crippen LogP contribution is 2.18. The molecule has 1 aliphatic rings. The number of aliphatic hydroxyl groups excluding tert-OH is 1. The zero-order valence-electron chi connectivity index (χ0n) is 7.19. The molecule has 0 bridgehead atoms. The Morgan fingerprint density at radius 3 is 3.08 bits per heavy atom. The molecule has 0 aliphatic heterocycles. The topological polar surface area (TPSA) is 46.5 Å². The van der Waals surface area contributed by atoms with Gasteiger partial charge < -0.3 is 9.84 Å². The van der Waals surface area contributed by atoms with Crippen LogP contribution >= 0.6 is 0 Å².